The molecule has 1 aromatic carbocycles. The van der Waals surface area contributed by atoms with Gasteiger partial charge in [0.25, 0.3) is 0 Å². The van der Waals surface area contributed by atoms with Crippen molar-refractivity contribution in [2.45, 2.75) is 43.8 Å². The van der Waals surface area contributed by atoms with Gasteiger partial charge in [0.05, 0.1) is 19.8 Å². The van der Waals surface area contributed by atoms with Crippen molar-refractivity contribution >= 4 is 0 Å². The van der Waals surface area contributed by atoms with E-state index in [4.69, 9.17) is 18.9 Å². The highest BCUT2D eigenvalue weighted by Gasteiger charge is 2.49. The largest absolute Gasteiger partial charge is 0.493 e. The second-order valence-electron chi connectivity index (χ2n) is 6.50. The molecule has 124 valence electrons. The topological polar surface area (TPSA) is 49.0 Å². The summed E-state index contributed by atoms with van der Waals surface area (Å²) < 4.78 is 23.7. The van der Waals surface area contributed by atoms with Gasteiger partial charge in [0.15, 0.2) is 17.3 Å². The lowest BCUT2D eigenvalue weighted by molar-refractivity contribution is -0.149. The molecule has 0 radical (unpaired) electrons. The van der Waals surface area contributed by atoms with Gasteiger partial charge in [-0.1, -0.05) is 12.1 Å². The third-order valence-corrected chi connectivity index (χ3v) is 4.85. The molecule has 2 aliphatic heterocycles. The molecular weight excluding hydrogens is 294 g/mol. The van der Waals surface area contributed by atoms with Crippen LogP contribution in [0.1, 0.15) is 30.4 Å². The number of hydrogen-bond acceptors (Lipinski definition) is 5. The van der Waals surface area contributed by atoms with E-state index in [2.05, 4.69) is 23.5 Å². The second kappa shape index (κ2) is 5.51. The number of fused-ring (bicyclic) bond motifs is 3. The minimum atomic E-state index is -0.626. The Morgan fingerprint density at radius 2 is 2.26 bits per heavy atom. The fraction of sp³-hybridized carbons (Fsp3) is 0.556. The summed E-state index contributed by atoms with van der Waals surface area (Å²) >= 11 is 0. The van der Waals surface area contributed by atoms with Gasteiger partial charge in [-0.05, 0) is 31.7 Å². The monoisotopic (exact) mass is 317 g/mol. The fourth-order valence-corrected chi connectivity index (χ4v) is 3.87. The van der Waals surface area contributed by atoms with Gasteiger partial charge in [-0.25, -0.2) is 0 Å². The zero-order valence-electron chi connectivity index (χ0n) is 13.8. The fourth-order valence-electron chi connectivity index (χ4n) is 3.87. The Balaban J connectivity index is 1.71. The van der Waals surface area contributed by atoms with E-state index in [-0.39, 0.29) is 18.1 Å². The molecule has 0 bridgehead atoms. The molecule has 0 saturated carbocycles. The quantitative estimate of drug-likeness (QED) is 0.867. The van der Waals surface area contributed by atoms with Crippen LogP contribution in [0.5, 0.6) is 11.5 Å². The standard InChI is InChI=1S/C18H23NO4/c1-11-10-21-18(23-11)7-6-13-15(8-18)22-17-14(20-3)5-4-12(9-19-2)16(13)17/h4-7,11,13,15,19H,8-10H2,1-3H3. The van der Waals surface area contributed by atoms with E-state index < -0.39 is 5.79 Å². The minimum absolute atomic E-state index is 0.0206. The molecule has 0 aromatic heterocycles. The average Bonchev–Trinajstić information content (AvgIpc) is 3.09. The summed E-state index contributed by atoms with van der Waals surface area (Å²) in [5.41, 5.74) is 2.47. The summed E-state index contributed by atoms with van der Waals surface area (Å²) in [5, 5.41) is 3.23. The number of hydrogen-bond donors (Lipinski definition) is 1. The summed E-state index contributed by atoms with van der Waals surface area (Å²) in [6.07, 6.45) is 5.09. The van der Waals surface area contributed by atoms with Crippen LogP contribution in [-0.4, -0.2) is 38.8 Å². The lowest BCUT2D eigenvalue weighted by Gasteiger charge is -2.33. The maximum Gasteiger partial charge on any atom is 0.191 e. The first-order chi connectivity index (χ1) is 11.2. The van der Waals surface area contributed by atoms with E-state index in [9.17, 15) is 0 Å². The van der Waals surface area contributed by atoms with Crippen LogP contribution in [0.3, 0.4) is 0 Å². The number of ether oxygens (including phenoxy) is 4. The molecule has 2 heterocycles. The van der Waals surface area contributed by atoms with Gasteiger partial charge < -0.3 is 24.3 Å². The van der Waals surface area contributed by atoms with Gasteiger partial charge in [-0.15, -0.1) is 0 Å². The number of nitrogens with one attached hydrogen (secondary N) is 1. The molecule has 23 heavy (non-hydrogen) atoms. The molecule has 1 N–H and O–H groups in total. The summed E-state index contributed by atoms with van der Waals surface area (Å²) in [4.78, 5) is 0. The highest BCUT2D eigenvalue weighted by Crippen LogP contribution is 2.51. The Kier molecular flexibility index (Phi) is 3.59. The predicted octanol–water partition coefficient (Wildman–Crippen LogP) is 2.35. The maximum atomic E-state index is 6.28. The van der Waals surface area contributed by atoms with E-state index in [0.29, 0.717) is 13.0 Å². The lowest BCUT2D eigenvalue weighted by Crippen LogP contribution is -2.39. The van der Waals surface area contributed by atoms with Crippen LogP contribution < -0.4 is 14.8 Å². The van der Waals surface area contributed by atoms with E-state index in [0.717, 1.165) is 18.0 Å². The summed E-state index contributed by atoms with van der Waals surface area (Å²) in [7, 11) is 3.64. The normalized spacial score (nSPS) is 34.3. The molecule has 1 aliphatic carbocycles. The van der Waals surface area contributed by atoms with Crippen molar-refractivity contribution < 1.29 is 18.9 Å². The van der Waals surface area contributed by atoms with Crippen LogP contribution in [-0.2, 0) is 16.0 Å². The minimum Gasteiger partial charge on any atom is -0.493 e. The van der Waals surface area contributed by atoms with Gasteiger partial charge in [0.1, 0.15) is 6.10 Å². The molecule has 5 heteroatoms. The van der Waals surface area contributed by atoms with Crippen LogP contribution in [0.15, 0.2) is 24.3 Å². The predicted molar refractivity (Wildman–Crippen MR) is 85.9 cm³/mol. The lowest BCUT2D eigenvalue weighted by atomic mass is 9.83. The summed E-state index contributed by atoms with van der Waals surface area (Å²) in [6, 6.07) is 4.09. The zero-order chi connectivity index (χ0) is 16.0. The van der Waals surface area contributed by atoms with Crippen LogP contribution in [0.25, 0.3) is 0 Å². The highest BCUT2D eigenvalue weighted by molar-refractivity contribution is 5.57. The van der Waals surface area contributed by atoms with Gasteiger partial charge in [-0.2, -0.15) is 0 Å². The van der Waals surface area contributed by atoms with Gasteiger partial charge >= 0.3 is 0 Å². The van der Waals surface area contributed by atoms with E-state index in [1.54, 1.807) is 7.11 Å². The Morgan fingerprint density at radius 3 is 2.96 bits per heavy atom. The first-order valence-corrected chi connectivity index (χ1v) is 8.18. The van der Waals surface area contributed by atoms with Crippen molar-refractivity contribution in [3.05, 3.63) is 35.4 Å². The molecule has 4 atom stereocenters. The van der Waals surface area contributed by atoms with Crippen molar-refractivity contribution in [1.82, 2.24) is 5.32 Å². The van der Waals surface area contributed by atoms with Gasteiger partial charge in [0, 0.05) is 24.4 Å². The third-order valence-electron chi connectivity index (χ3n) is 4.85. The van der Waals surface area contributed by atoms with Crippen molar-refractivity contribution in [3.63, 3.8) is 0 Å². The van der Waals surface area contributed by atoms with Crippen LogP contribution >= 0.6 is 0 Å². The average molecular weight is 317 g/mol. The first kappa shape index (κ1) is 15.0. The Morgan fingerprint density at radius 1 is 1.39 bits per heavy atom. The van der Waals surface area contributed by atoms with Crippen molar-refractivity contribution in [3.8, 4) is 11.5 Å². The Bertz CT molecular complexity index is 644. The molecule has 5 nitrogen and oxygen atoms in total. The second-order valence-corrected chi connectivity index (χ2v) is 6.50. The van der Waals surface area contributed by atoms with Crippen molar-refractivity contribution in [2.75, 3.05) is 20.8 Å². The van der Waals surface area contributed by atoms with Gasteiger partial charge in [0.2, 0.25) is 0 Å². The molecule has 0 amide bonds. The molecule has 1 fully saturated rings. The van der Waals surface area contributed by atoms with Crippen LogP contribution in [0.2, 0.25) is 0 Å². The number of methoxy groups -OCH3 is 1. The highest BCUT2D eigenvalue weighted by atomic mass is 16.7. The Labute approximate surface area is 136 Å². The molecular formula is C18H23NO4. The molecule has 4 rings (SSSR count). The van der Waals surface area contributed by atoms with Crippen LogP contribution in [0, 0.1) is 0 Å². The van der Waals surface area contributed by atoms with E-state index in [1.165, 1.54) is 11.1 Å². The summed E-state index contributed by atoms with van der Waals surface area (Å²) in [6.45, 7) is 3.47. The number of rotatable bonds is 3. The van der Waals surface area contributed by atoms with Crippen molar-refractivity contribution in [2.24, 2.45) is 0 Å². The third kappa shape index (κ3) is 2.35. The summed E-state index contributed by atoms with van der Waals surface area (Å²) in [5.74, 6) is 1.25. The SMILES string of the molecule is CNCc1ccc(OC)c2c1C1C=CC3(CC1O2)OCC(C)O3. The van der Waals surface area contributed by atoms with Crippen LogP contribution in [0.4, 0.5) is 0 Å². The number of benzene rings is 1. The van der Waals surface area contributed by atoms with E-state index in [1.807, 2.05) is 20.0 Å². The maximum absolute atomic E-state index is 6.28. The molecule has 1 saturated heterocycles. The van der Waals surface area contributed by atoms with Crippen molar-refractivity contribution in [1.29, 1.82) is 0 Å². The zero-order valence-corrected chi connectivity index (χ0v) is 13.8. The first-order valence-electron chi connectivity index (χ1n) is 8.18. The molecule has 3 aliphatic rings. The molecule has 1 spiro atoms. The molecule has 1 aromatic rings. The van der Waals surface area contributed by atoms with E-state index >= 15 is 0 Å². The smallest absolute Gasteiger partial charge is 0.191 e. The van der Waals surface area contributed by atoms with Gasteiger partial charge in [-0.3, -0.25) is 0 Å². The molecule has 4 unspecified atom stereocenters. The Hall–Kier alpha value is -1.56.